The van der Waals surface area contributed by atoms with Crippen LogP contribution in [0.1, 0.15) is 18.5 Å². The van der Waals surface area contributed by atoms with Crippen LogP contribution in [0.5, 0.6) is 0 Å². The Morgan fingerprint density at radius 1 is 1.53 bits per heavy atom. The van der Waals surface area contributed by atoms with Crippen LogP contribution in [0.25, 0.3) is 0 Å². The Hall–Kier alpha value is -0.720. The number of aromatic nitrogens is 2. The van der Waals surface area contributed by atoms with Gasteiger partial charge in [-0.2, -0.15) is 0 Å². The zero-order valence-corrected chi connectivity index (χ0v) is 11.1. The van der Waals surface area contributed by atoms with Crippen LogP contribution in [0, 0.1) is 6.92 Å². The minimum atomic E-state index is -3.46. The molecule has 0 amide bonds. The Morgan fingerprint density at radius 2 is 2.29 bits per heavy atom. The van der Waals surface area contributed by atoms with E-state index in [-0.39, 0.29) is 22.1 Å². The monoisotopic (exact) mass is 275 g/mol. The maximum Gasteiger partial charge on any atom is 0.248 e. The first-order valence-corrected chi connectivity index (χ1v) is 7.48. The fourth-order valence-electron chi connectivity index (χ4n) is 1.88. The lowest BCUT2D eigenvalue weighted by Crippen LogP contribution is -2.30. The molecule has 2 heterocycles. The first kappa shape index (κ1) is 12.7. The summed E-state index contributed by atoms with van der Waals surface area (Å²) < 4.78 is 24.1. The van der Waals surface area contributed by atoms with E-state index >= 15 is 0 Å². The summed E-state index contributed by atoms with van der Waals surface area (Å²) in [5, 5.41) is 3.14. The van der Waals surface area contributed by atoms with Crippen molar-refractivity contribution in [2.75, 3.05) is 12.3 Å². The summed E-state index contributed by atoms with van der Waals surface area (Å²) >= 11 is 5.74. The van der Waals surface area contributed by atoms with Gasteiger partial charge in [-0.05, 0) is 32.4 Å². The van der Waals surface area contributed by atoms with Gasteiger partial charge in [-0.25, -0.2) is 18.4 Å². The van der Waals surface area contributed by atoms with Crippen LogP contribution in [0.15, 0.2) is 11.2 Å². The number of aryl methyl sites for hydroxylation is 1. The molecular weight excluding hydrogens is 262 g/mol. The molecule has 0 radical (unpaired) electrons. The molecule has 0 unspecified atom stereocenters. The van der Waals surface area contributed by atoms with Crippen molar-refractivity contribution in [1.82, 2.24) is 15.3 Å². The Bertz CT molecular complexity index is 492. The van der Waals surface area contributed by atoms with E-state index in [1.807, 2.05) is 0 Å². The number of rotatable bonds is 3. The lowest BCUT2D eigenvalue weighted by atomic mass is 10.3. The Balaban J connectivity index is 2.24. The van der Waals surface area contributed by atoms with E-state index < -0.39 is 9.84 Å². The lowest BCUT2D eigenvalue weighted by molar-refractivity contribution is 0.568. The predicted octanol–water partition coefficient (Wildman–Crippen LogP) is 0.964. The van der Waals surface area contributed by atoms with E-state index in [1.165, 1.54) is 6.07 Å². The minimum Gasteiger partial charge on any atom is -0.313 e. The zero-order chi connectivity index (χ0) is 12.5. The summed E-state index contributed by atoms with van der Waals surface area (Å²) in [7, 11) is -3.46. The number of halogens is 1. The Morgan fingerprint density at radius 3 is 2.88 bits per heavy atom. The molecule has 1 aromatic heterocycles. The molecule has 1 aromatic rings. The molecular formula is C10H14ClN3O2S. The van der Waals surface area contributed by atoms with Gasteiger partial charge < -0.3 is 5.32 Å². The summed E-state index contributed by atoms with van der Waals surface area (Å²) in [6.45, 7) is 2.57. The molecule has 1 aliphatic heterocycles. The van der Waals surface area contributed by atoms with Gasteiger partial charge in [0.1, 0.15) is 5.15 Å². The van der Waals surface area contributed by atoms with Crippen molar-refractivity contribution < 1.29 is 8.42 Å². The second-order valence-corrected chi connectivity index (χ2v) is 6.50. The molecule has 0 aliphatic carbocycles. The Labute approximate surface area is 106 Å². The predicted molar refractivity (Wildman–Crippen MR) is 64.9 cm³/mol. The van der Waals surface area contributed by atoms with Crippen molar-refractivity contribution in [3.8, 4) is 0 Å². The average Bonchev–Trinajstić information content (AvgIpc) is 2.68. The molecule has 1 saturated heterocycles. The minimum absolute atomic E-state index is 0.00267. The van der Waals surface area contributed by atoms with Gasteiger partial charge in [-0.1, -0.05) is 11.6 Å². The topological polar surface area (TPSA) is 72.0 Å². The van der Waals surface area contributed by atoms with Crippen molar-refractivity contribution in [3.63, 3.8) is 0 Å². The van der Waals surface area contributed by atoms with Gasteiger partial charge in [0, 0.05) is 11.7 Å². The normalized spacial score (nSPS) is 20.7. The molecule has 0 saturated carbocycles. The molecule has 0 bridgehead atoms. The van der Waals surface area contributed by atoms with Crippen molar-refractivity contribution in [1.29, 1.82) is 0 Å². The second kappa shape index (κ2) is 4.88. The third-order valence-corrected chi connectivity index (χ3v) is 4.44. The van der Waals surface area contributed by atoms with Crippen LogP contribution in [-0.4, -0.2) is 36.7 Å². The van der Waals surface area contributed by atoms with Crippen LogP contribution in [0.3, 0.4) is 0 Å². The van der Waals surface area contributed by atoms with Crippen LogP contribution < -0.4 is 5.32 Å². The fourth-order valence-corrected chi connectivity index (χ4v) is 3.65. The molecule has 1 fully saturated rings. The van der Waals surface area contributed by atoms with Crippen LogP contribution in [-0.2, 0) is 9.84 Å². The standard InChI is InChI=1S/C10H14ClN3O2S/c1-7-5-9(11)14-10(13-7)17(15,16)6-8-3-2-4-12-8/h5,8,12H,2-4,6H2,1H3/t8-/m0/s1. The third kappa shape index (κ3) is 3.14. The highest BCUT2D eigenvalue weighted by Crippen LogP contribution is 2.15. The molecule has 0 spiro atoms. The highest BCUT2D eigenvalue weighted by Gasteiger charge is 2.26. The molecule has 5 nitrogen and oxygen atoms in total. The number of nitrogens with zero attached hydrogens (tertiary/aromatic N) is 2. The van der Waals surface area contributed by atoms with Gasteiger partial charge in [0.05, 0.1) is 5.75 Å². The largest absolute Gasteiger partial charge is 0.313 e. The first-order valence-electron chi connectivity index (χ1n) is 5.45. The first-order chi connectivity index (χ1) is 7.97. The summed E-state index contributed by atoms with van der Waals surface area (Å²) in [4.78, 5) is 7.72. The quantitative estimate of drug-likeness (QED) is 0.657. The highest BCUT2D eigenvalue weighted by molar-refractivity contribution is 7.91. The van der Waals surface area contributed by atoms with Gasteiger partial charge in [-0.3, -0.25) is 0 Å². The van der Waals surface area contributed by atoms with E-state index in [2.05, 4.69) is 15.3 Å². The van der Waals surface area contributed by atoms with E-state index in [9.17, 15) is 8.42 Å². The van der Waals surface area contributed by atoms with Crippen molar-refractivity contribution >= 4 is 21.4 Å². The molecule has 1 atom stereocenters. The lowest BCUT2D eigenvalue weighted by Gasteiger charge is -2.10. The van der Waals surface area contributed by atoms with Crippen molar-refractivity contribution in [2.45, 2.75) is 31.0 Å². The second-order valence-electron chi connectivity index (χ2n) is 4.19. The van der Waals surface area contributed by atoms with Crippen molar-refractivity contribution in [3.05, 3.63) is 16.9 Å². The molecule has 7 heteroatoms. The third-order valence-electron chi connectivity index (χ3n) is 2.66. The molecule has 1 N–H and O–H groups in total. The van der Waals surface area contributed by atoms with E-state index in [0.717, 1.165) is 19.4 Å². The number of nitrogens with one attached hydrogen (secondary N) is 1. The summed E-state index contributed by atoms with van der Waals surface area (Å²) in [5.41, 5.74) is 0.558. The summed E-state index contributed by atoms with van der Waals surface area (Å²) in [5.74, 6) is 0.0345. The number of hydrogen-bond acceptors (Lipinski definition) is 5. The highest BCUT2D eigenvalue weighted by atomic mass is 35.5. The van der Waals surface area contributed by atoms with Gasteiger partial charge in [0.15, 0.2) is 0 Å². The van der Waals surface area contributed by atoms with E-state index in [0.29, 0.717) is 5.69 Å². The fraction of sp³-hybridized carbons (Fsp3) is 0.600. The molecule has 94 valence electrons. The van der Waals surface area contributed by atoms with Crippen molar-refractivity contribution in [2.24, 2.45) is 0 Å². The SMILES string of the molecule is Cc1cc(Cl)nc(S(=O)(=O)C[C@@H]2CCCN2)n1. The van der Waals surface area contributed by atoms with Crippen LogP contribution >= 0.6 is 11.6 Å². The summed E-state index contributed by atoms with van der Waals surface area (Å²) in [6.07, 6.45) is 1.88. The smallest absolute Gasteiger partial charge is 0.248 e. The maximum atomic E-state index is 12.1. The zero-order valence-electron chi connectivity index (χ0n) is 9.48. The molecule has 1 aliphatic rings. The van der Waals surface area contributed by atoms with Crippen LogP contribution in [0.2, 0.25) is 5.15 Å². The van der Waals surface area contributed by atoms with Gasteiger partial charge >= 0.3 is 0 Å². The average molecular weight is 276 g/mol. The van der Waals surface area contributed by atoms with Crippen LogP contribution in [0.4, 0.5) is 0 Å². The van der Waals surface area contributed by atoms with E-state index in [4.69, 9.17) is 11.6 Å². The van der Waals surface area contributed by atoms with E-state index in [1.54, 1.807) is 6.92 Å². The molecule has 0 aromatic carbocycles. The number of sulfone groups is 1. The Kier molecular flexibility index (Phi) is 3.65. The number of hydrogen-bond donors (Lipinski definition) is 1. The van der Waals surface area contributed by atoms with Gasteiger partial charge in [-0.15, -0.1) is 0 Å². The van der Waals surface area contributed by atoms with Gasteiger partial charge in [0.25, 0.3) is 0 Å². The molecule has 17 heavy (non-hydrogen) atoms. The maximum absolute atomic E-state index is 12.1. The van der Waals surface area contributed by atoms with Gasteiger partial charge in [0.2, 0.25) is 15.0 Å². The molecule has 2 rings (SSSR count). The summed E-state index contributed by atoms with van der Waals surface area (Å²) in [6, 6.07) is 1.54.